The number of carboxylic acid groups (broad SMARTS) is 1. The summed E-state index contributed by atoms with van der Waals surface area (Å²) in [6, 6.07) is 4.43. The third-order valence-corrected chi connectivity index (χ3v) is 2.98. The lowest BCUT2D eigenvalue weighted by Crippen LogP contribution is -2.16. The van der Waals surface area contributed by atoms with Crippen LogP contribution in [-0.2, 0) is 4.79 Å². The number of carbonyl (C=O) groups is 2. The Bertz CT molecular complexity index is 488. The predicted molar refractivity (Wildman–Crippen MR) is 76.0 cm³/mol. The van der Waals surface area contributed by atoms with E-state index in [2.05, 4.69) is 5.32 Å². The zero-order chi connectivity index (χ0) is 15.1. The van der Waals surface area contributed by atoms with Crippen LogP contribution in [-0.4, -0.2) is 30.6 Å². The molecular weight excluding hydrogens is 260 g/mol. The van der Waals surface area contributed by atoms with Crippen molar-refractivity contribution in [1.82, 2.24) is 0 Å². The molecule has 20 heavy (non-hydrogen) atoms. The van der Waals surface area contributed by atoms with Crippen molar-refractivity contribution in [2.75, 3.05) is 19.0 Å². The Morgan fingerprint density at radius 1 is 1.45 bits per heavy atom. The van der Waals surface area contributed by atoms with Gasteiger partial charge in [-0.1, -0.05) is 6.92 Å². The normalized spacial score (nSPS) is 11.8. The number of rotatable bonds is 7. The van der Waals surface area contributed by atoms with Crippen LogP contribution in [0.15, 0.2) is 18.2 Å². The molecule has 6 nitrogen and oxygen atoms in total. The number of hydrogen-bond acceptors (Lipinski definition) is 4. The van der Waals surface area contributed by atoms with Crippen molar-refractivity contribution in [2.24, 2.45) is 11.7 Å². The Morgan fingerprint density at radius 3 is 2.70 bits per heavy atom. The van der Waals surface area contributed by atoms with Gasteiger partial charge in [0.15, 0.2) is 0 Å². The standard InChI is InChI=1S/C14H20N2O4/c1-9(8-15)3-6-13(17)16-10-4-5-11(14(18)19)12(7-10)20-2/h4-5,7,9H,3,6,8,15H2,1-2H3,(H,16,17)(H,18,19). The lowest BCUT2D eigenvalue weighted by atomic mass is 10.1. The number of carbonyl (C=O) groups excluding carboxylic acids is 1. The highest BCUT2D eigenvalue weighted by atomic mass is 16.5. The van der Waals surface area contributed by atoms with Crippen LogP contribution in [0, 0.1) is 5.92 Å². The lowest BCUT2D eigenvalue weighted by molar-refractivity contribution is -0.116. The molecule has 4 N–H and O–H groups in total. The van der Waals surface area contributed by atoms with Gasteiger partial charge in [0.1, 0.15) is 11.3 Å². The van der Waals surface area contributed by atoms with Crippen molar-refractivity contribution in [3.63, 3.8) is 0 Å². The fraction of sp³-hybridized carbons (Fsp3) is 0.429. The zero-order valence-electron chi connectivity index (χ0n) is 11.7. The Balaban J connectivity index is 2.69. The zero-order valence-corrected chi connectivity index (χ0v) is 11.7. The topological polar surface area (TPSA) is 102 Å². The van der Waals surface area contributed by atoms with E-state index in [1.54, 1.807) is 0 Å². The number of ether oxygens (including phenoxy) is 1. The number of aromatic carboxylic acids is 1. The number of anilines is 1. The Hall–Kier alpha value is -2.08. The van der Waals surface area contributed by atoms with Crippen LogP contribution in [0.1, 0.15) is 30.1 Å². The van der Waals surface area contributed by atoms with Gasteiger partial charge in [0.25, 0.3) is 0 Å². The lowest BCUT2D eigenvalue weighted by Gasteiger charge is -2.11. The minimum Gasteiger partial charge on any atom is -0.496 e. The van der Waals surface area contributed by atoms with Crippen LogP contribution < -0.4 is 15.8 Å². The molecule has 0 saturated heterocycles. The van der Waals surface area contributed by atoms with Crippen molar-refractivity contribution < 1.29 is 19.4 Å². The van der Waals surface area contributed by atoms with Gasteiger partial charge in [-0.25, -0.2) is 4.79 Å². The molecule has 0 bridgehead atoms. The smallest absolute Gasteiger partial charge is 0.339 e. The summed E-state index contributed by atoms with van der Waals surface area (Å²) in [5.41, 5.74) is 6.06. The van der Waals surface area contributed by atoms with Gasteiger partial charge < -0.3 is 20.9 Å². The molecule has 1 unspecified atom stereocenters. The van der Waals surface area contributed by atoms with E-state index in [4.69, 9.17) is 15.6 Å². The molecule has 0 aliphatic heterocycles. The molecule has 0 fully saturated rings. The molecule has 1 amide bonds. The molecule has 0 aromatic heterocycles. The fourth-order valence-corrected chi connectivity index (χ4v) is 1.66. The van der Waals surface area contributed by atoms with E-state index in [-0.39, 0.29) is 17.2 Å². The highest BCUT2D eigenvalue weighted by Crippen LogP contribution is 2.23. The average molecular weight is 280 g/mol. The quantitative estimate of drug-likeness (QED) is 0.705. The molecule has 0 aliphatic carbocycles. The molecule has 110 valence electrons. The third kappa shape index (κ3) is 4.55. The van der Waals surface area contributed by atoms with E-state index in [0.717, 1.165) is 0 Å². The van der Waals surface area contributed by atoms with Gasteiger partial charge >= 0.3 is 5.97 Å². The fourth-order valence-electron chi connectivity index (χ4n) is 1.66. The maximum atomic E-state index is 11.7. The van der Waals surface area contributed by atoms with Crippen LogP contribution in [0.25, 0.3) is 0 Å². The van der Waals surface area contributed by atoms with E-state index < -0.39 is 5.97 Å². The SMILES string of the molecule is COc1cc(NC(=O)CCC(C)CN)ccc1C(=O)O. The van der Waals surface area contributed by atoms with Crippen LogP contribution in [0.5, 0.6) is 5.75 Å². The van der Waals surface area contributed by atoms with E-state index in [1.165, 1.54) is 25.3 Å². The van der Waals surface area contributed by atoms with E-state index in [0.29, 0.717) is 31.0 Å². The second-order valence-electron chi connectivity index (χ2n) is 4.65. The van der Waals surface area contributed by atoms with E-state index in [1.807, 2.05) is 6.92 Å². The van der Waals surface area contributed by atoms with E-state index >= 15 is 0 Å². The Labute approximate surface area is 117 Å². The number of methoxy groups -OCH3 is 1. The molecule has 1 aromatic rings. The molecule has 1 aromatic carbocycles. The van der Waals surface area contributed by atoms with Gasteiger partial charge in [0.2, 0.25) is 5.91 Å². The number of hydrogen-bond donors (Lipinski definition) is 3. The van der Waals surface area contributed by atoms with Crippen LogP contribution in [0.4, 0.5) is 5.69 Å². The first-order valence-electron chi connectivity index (χ1n) is 6.39. The summed E-state index contributed by atoms with van der Waals surface area (Å²) in [5.74, 6) is -0.692. The molecule has 0 spiro atoms. The molecule has 0 saturated carbocycles. The summed E-state index contributed by atoms with van der Waals surface area (Å²) >= 11 is 0. The van der Waals surface area contributed by atoms with Crippen LogP contribution >= 0.6 is 0 Å². The van der Waals surface area contributed by atoms with Gasteiger partial charge in [0, 0.05) is 18.2 Å². The van der Waals surface area contributed by atoms with Gasteiger partial charge in [-0.05, 0) is 31.0 Å². The van der Waals surface area contributed by atoms with Crippen LogP contribution in [0.2, 0.25) is 0 Å². The molecule has 0 heterocycles. The second-order valence-corrected chi connectivity index (χ2v) is 4.65. The monoisotopic (exact) mass is 280 g/mol. The number of amides is 1. The summed E-state index contributed by atoms with van der Waals surface area (Å²) in [6.45, 7) is 2.53. The minimum atomic E-state index is -1.07. The number of benzene rings is 1. The number of nitrogens with one attached hydrogen (secondary N) is 1. The van der Waals surface area contributed by atoms with Crippen LogP contribution in [0.3, 0.4) is 0 Å². The van der Waals surface area contributed by atoms with Gasteiger partial charge in [-0.15, -0.1) is 0 Å². The molecule has 0 aliphatic rings. The highest BCUT2D eigenvalue weighted by Gasteiger charge is 2.12. The first kappa shape index (κ1) is 16.0. The van der Waals surface area contributed by atoms with Crippen molar-refractivity contribution >= 4 is 17.6 Å². The van der Waals surface area contributed by atoms with Crippen molar-refractivity contribution in [3.8, 4) is 5.75 Å². The van der Waals surface area contributed by atoms with E-state index in [9.17, 15) is 9.59 Å². The largest absolute Gasteiger partial charge is 0.496 e. The van der Waals surface area contributed by atoms with Crippen molar-refractivity contribution in [3.05, 3.63) is 23.8 Å². The molecule has 0 radical (unpaired) electrons. The molecular formula is C14H20N2O4. The van der Waals surface area contributed by atoms with Crippen molar-refractivity contribution in [1.29, 1.82) is 0 Å². The summed E-state index contributed by atoms with van der Waals surface area (Å²) in [7, 11) is 1.39. The molecule has 1 rings (SSSR count). The maximum absolute atomic E-state index is 11.7. The minimum absolute atomic E-state index is 0.0576. The summed E-state index contributed by atoms with van der Waals surface area (Å²) < 4.78 is 5.00. The maximum Gasteiger partial charge on any atom is 0.339 e. The summed E-state index contributed by atoms with van der Waals surface area (Å²) in [6.07, 6.45) is 1.09. The molecule has 1 atom stereocenters. The Morgan fingerprint density at radius 2 is 2.15 bits per heavy atom. The average Bonchev–Trinajstić information content (AvgIpc) is 2.44. The summed E-state index contributed by atoms with van der Waals surface area (Å²) in [4.78, 5) is 22.7. The summed E-state index contributed by atoms with van der Waals surface area (Å²) in [5, 5.41) is 11.7. The van der Waals surface area contributed by atoms with Gasteiger partial charge in [-0.2, -0.15) is 0 Å². The highest BCUT2D eigenvalue weighted by molar-refractivity contribution is 5.94. The van der Waals surface area contributed by atoms with Gasteiger partial charge in [0.05, 0.1) is 7.11 Å². The second kappa shape index (κ2) is 7.49. The Kier molecular flexibility index (Phi) is 5.99. The number of nitrogens with two attached hydrogens (primary N) is 1. The van der Waals surface area contributed by atoms with Crippen molar-refractivity contribution in [2.45, 2.75) is 19.8 Å². The predicted octanol–water partition coefficient (Wildman–Crippen LogP) is 1.71. The first-order valence-corrected chi connectivity index (χ1v) is 6.39. The molecule has 6 heteroatoms. The van der Waals surface area contributed by atoms with Gasteiger partial charge in [-0.3, -0.25) is 4.79 Å². The third-order valence-electron chi connectivity index (χ3n) is 2.98. The number of carboxylic acids is 1. The first-order chi connectivity index (χ1) is 9.47.